The summed E-state index contributed by atoms with van der Waals surface area (Å²) in [5, 5.41) is 7.63. The Bertz CT molecular complexity index is 909. The third-order valence-electron chi connectivity index (χ3n) is 4.90. The topological polar surface area (TPSA) is 89.4 Å². The molecule has 12 heteroatoms. The van der Waals surface area contributed by atoms with Gasteiger partial charge in [-0.1, -0.05) is 24.3 Å². The number of anilines is 2. The lowest BCUT2D eigenvalue weighted by atomic mass is 10.2. The molecule has 2 aromatic carbocycles. The van der Waals surface area contributed by atoms with Crippen molar-refractivity contribution in [3.05, 3.63) is 59.7 Å². The summed E-state index contributed by atoms with van der Waals surface area (Å²) in [5.41, 5.74) is 7.79. The molecule has 0 fully saturated rings. The second-order valence-electron chi connectivity index (χ2n) is 7.31. The van der Waals surface area contributed by atoms with E-state index in [0.717, 1.165) is 22.5 Å². The minimum atomic E-state index is -0.941. The van der Waals surface area contributed by atoms with Crippen LogP contribution in [-0.4, -0.2) is 73.9 Å². The fraction of sp³-hybridized carbons (Fsp3) is 0.333. The summed E-state index contributed by atoms with van der Waals surface area (Å²) in [6.07, 6.45) is 2.87. The highest BCUT2D eigenvalue weighted by Crippen LogP contribution is 2.16. The Balaban J connectivity index is 1.83. The number of hydrogen-bond acceptors (Lipinski definition) is 6. The zero-order valence-corrected chi connectivity index (χ0v) is 22.6. The van der Waals surface area contributed by atoms with Gasteiger partial charge in [-0.3, -0.25) is 9.59 Å². The molecule has 2 rings (SSSR count). The number of alkyl halides is 4. The highest BCUT2D eigenvalue weighted by molar-refractivity contribution is 6.35. The Morgan fingerprint density at radius 3 is 1.19 bits per heavy atom. The predicted molar refractivity (Wildman–Crippen MR) is 152 cm³/mol. The Morgan fingerprint density at radius 1 is 0.611 bits per heavy atom. The van der Waals surface area contributed by atoms with E-state index in [-0.39, 0.29) is 0 Å². The molecule has 2 aromatic rings. The molecule has 0 aliphatic rings. The van der Waals surface area contributed by atoms with Gasteiger partial charge < -0.3 is 9.80 Å². The smallest absolute Gasteiger partial charge is 0.331 e. The fourth-order valence-corrected chi connectivity index (χ4v) is 3.94. The van der Waals surface area contributed by atoms with E-state index < -0.39 is 11.8 Å². The van der Waals surface area contributed by atoms with Crippen LogP contribution in [0.15, 0.2) is 58.7 Å². The molecule has 0 aliphatic carbocycles. The third kappa shape index (κ3) is 10.2. The highest BCUT2D eigenvalue weighted by Gasteiger charge is 2.11. The summed E-state index contributed by atoms with van der Waals surface area (Å²) in [5.74, 6) is 0.0911. The molecule has 36 heavy (non-hydrogen) atoms. The van der Waals surface area contributed by atoms with E-state index in [1.165, 1.54) is 12.4 Å². The fourth-order valence-electron chi connectivity index (χ4n) is 3.12. The van der Waals surface area contributed by atoms with Crippen LogP contribution in [0.25, 0.3) is 0 Å². The van der Waals surface area contributed by atoms with Crippen LogP contribution in [0, 0.1) is 0 Å². The number of hydrogen-bond donors (Lipinski definition) is 2. The second-order valence-corrected chi connectivity index (χ2v) is 8.82. The van der Waals surface area contributed by atoms with Crippen LogP contribution in [-0.2, 0) is 9.59 Å². The van der Waals surface area contributed by atoms with Gasteiger partial charge >= 0.3 is 11.8 Å². The second kappa shape index (κ2) is 17.0. The number of benzene rings is 2. The normalized spacial score (nSPS) is 11.1. The van der Waals surface area contributed by atoms with E-state index in [2.05, 4.69) is 30.9 Å². The molecule has 2 amide bonds. The molecule has 0 atom stereocenters. The molecule has 8 nitrogen and oxygen atoms in total. The predicted octanol–water partition coefficient (Wildman–Crippen LogP) is 3.86. The lowest BCUT2D eigenvalue weighted by molar-refractivity contribution is -0.139. The molecule has 194 valence electrons. The summed E-state index contributed by atoms with van der Waals surface area (Å²) >= 11 is 23.4. The lowest BCUT2D eigenvalue weighted by Crippen LogP contribution is -2.35. The Labute approximate surface area is 231 Å². The van der Waals surface area contributed by atoms with Crippen molar-refractivity contribution < 1.29 is 9.59 Å². The van der Waals surface area contributed by atoms with Gasteiger partial charge in [-0.15, -0.1) is 46.4 Å². The zero-order valence-electron chi connectivity index (χ0n) is 19.5. The van der Waals surface area contributed by atoms with Gasteiger partial charge in [-0.2, -0.15) is 10.2 Å². The number of rotatable bonds is 14. The molecule has 0 heterocycles. The summed E-state index contributed by atoms with van der Waals surface area (Å²) in [6.45, 7) is 2.73. The zero-order chi connectivity index (χ0) is 26.2. The summed E-state index contributed by atoms with van der Waals surface area (Å²) in [6, 6.07) is 15.0. The van der Waals surface area contributed by atoms with Gasteiger partial charge in [0.15, 0.2) is 0 Å². The standard InChI is InChI=1S/C24H28Cl4N6O2/c25-9-13-33(14-10-26)21-5-1-19(2-6-21)17-29-31-23(35)24(36)32-30-18-20-3-7-22(8-4-20)34(15-11-27)16-12-28/h1-8,17-18H,9-16H2,(H,31,35)(H,32,36)/b29-17-,30-18?. The Morgan fingerprint density at radius 2 is 0.917 bits per heavy atom. The first-order chi connectivity index (χ1) is 17.5. The SMILES string of the molecule is O=C(NN=Cc1ccc(N(CCCl)CCCl)cc1)C(=O)N/N=C\c1ccc(N(CCCl)CCCl)cc1. The van der Waals surface area contributed by atoms with Gasteiger partial charge in [0, 0.05) is 61.1 Å². The molecule has 0 unspecified atom stereocenters. The molecule has 0 aromatic heterocycles. The lowest BCUT2D eigenvalue weighted by Gasteiger charge is -2.22. The molecular weight excluding hydrogens is 546 g/mol. The summed E-state index contributed by atoms with van der Waals surface area (Å²) in [7, 11) is 0. The number of carbonyl (C=O) groups excluding carboxylic acids is 2. The van der Waals surface area contributed by atoms with Crippen LogP contribution in [0.1, 0.15) is 11.1 Å². The van der Waals surface area contributed by atoms with E-state index >= 15 is 0 Å². The van der Waals surface area contributed by atoms with E-state index in [1.807, 2.05) is 48.5 Å². The maximum Gasteiger partial charge on any atom is 0.331 e. The van der Waals surface area contributed by atoms with Crippen molar-refractivity contribution >= 4 is 82.0 Å². The highest BCUT2D eigenvalue weighted by atomic mass is 35.5. The minimum Gasteiger partial charge on any atom is -0.369 e. The third-order valence-corrected chi connectivity index (χ3v) is 5.58. The van der Waals surface area contributed by atoms with Crippen molar-refractivity contribution in [2.75, 3.05) is 59.5 Å². The largest absolute Gasteiger partial charge is 0.369 e. The van der Waals surface area contributed by atoms with E-state index in [0.29, 0.717) is 49.7 Å². The van der Waals surface area contributed by atoms with E-state index in [1.54, 1.807) is 0 Å². The van der Waals surface area contributed by atoms with Crippen molar-refractivity contribution in [3.63, 3.8) is 0 Å². The van der Waals surface area contributed by atoms with Gasteiger partial charge in [0.05, 0.1) is 12.4 Å². The maximum atomic E-state index is 11.9. The van der Waals surface area contributed by atoms with Crippen molar-refractivity contribution in [1.82, 2.24) is 10.9 Å². The number of hydrazone groups is 2. The molecule has 2 N–H and O–H groups in total. The number of halogens is 4. The Kier molecular flexibility index (Phi) is 14.1. The first-order valence-corrected chi connectivity index (χ1v) is 13.3. The number of carbonyl (C=O) groups is 2. The molecular formula is C24H28Cl4N6O2. The maximum absolute atomic E-state index is 11.9. The van der Waals surface area contributed by atoms with Crippen molar-refractivity contribution in [3.8, 4) is 0 Å². The molecule has 0 spiro atoms. The Hall–Kier alpha value is -2.52. The number of nitrogens with zero attached hydrogens (tertiary/aromatic N) is 4. The average Bonchev–Trinajstić information content (AvgIpc) is 2.89. The molecule has 0 saturated heterocycles. The quantitative estimate of drug-likeness (QED) is 0.155. The van der Waals surface area contributed by atoms with Crippen LogP contribution in [0.3, 0.4) is 0 Å². The average molecular weight is 574 g/mol. The van der Waals surface area contributed by atoms with E-state index in [9.17, 15) is 9.59 Å². The van der Waals surface area contributed by atoms with Crippen LogP contribution in [0.2, 0.25) is 0 Å². The monoisotopic (exact) mass is 572 g/mol. The van der Waals surface area contributed by atoms with Crippen LogP contribution in [0.5, 0.6) is 0 Å². The van der Waals surface area contributed by atoms with Gasteiger partial charge in [0.2, 0.25) is 0 Å². The van der Waals surface area contributed by atoms with Crippen molar-refractivity contribution in [2.24, 2.45) is 10.2 Å². The van der Waals surface area contributed by atoms with Gasteiger partial charge in [0.25, 0.3) is 0 Å². The van der Waals surface area contributed by atoms with Crippen LogP contribution >= 0.6 is 46.4 Å². The van der Waals surface area contributed by atoms with E-state index in [4.69, 9.17) is 46.4 Å². The van der Waals surface area contributed by atoms with Crippen LogP contribution < -0.4 is 20.7 Å². The van der Waals surface area contributed by atoms with Crippen molar-refractivity contribution in [2.45, 2.75) is 0 Å². The van der Waals surface area contributed by atoms with Gasteiger partial charge in [-0.05, 0) is 35.4 Å². The van der Waals surface area contributed by atoms with Crippen LogP contribution in [0.4, 0.5) is 11.4 Å². The summed E-state index contributed by atoms with van der Waals surface area (Å²) in [4.78, 5) is 28.0. The first kappa shape index (κ1) is 29.7. The van der Waals surface area contributed by atoms with Crippen molar-refractivity contribution in [1.29, 1.82) is 0 Å². The number of nitrogens with one attached hydrogen (secondary N) is 2. The number of amides is 2. The molecule has 0 bridgehead atoms. The molecule has 0 radical (unpaired) electrons. The first-order valence-electron chi connectivity index (χ1n) is 11.1. The molecule has 0 aliphatic heterocycles. The van der Waals surface area contributed by atoms with Gasteiger partial charge in [-0.25, -0.2) is 10.9 Å². The summed E-state index contributed by atoms with van der Waals surface area (Å²) < 4.78 is 0. The van der Waals surface area contributed by atoms with Gasteiger partial charge in [0.1, 0.15) is 0 Å². The molecule has 0 saturated carbocycles. The minimum absolute atomic E-state index is 0.493.